The average Bonchev–Trinajstić information content (AvgIpc) is 3.73. The van der Waals surface area contributed by atoms with Gasteiger partial charge in [0.05, 0.1) is 18.5 Å². The van der Waals surface area contributed by atoms with Gasteiger partial charge in [0.1, 0.15) is 35.5 Å². The fraction of sp³-hybridized carbons (Fsp3) is 0.286. The summed E-state index contributed by atoms with van der Waals surface area (Å²) in [6.07, 6.45) is -3.06. The fourth-order valence-electron chi connectivity index (χ4n) is 5.60. The number of fused-ring (bicyclic) bond motifs is 1. The lowest BCUT2D eigenvalue weighted by molar-refractivity contribution is -0.241. The van der Waals surface area contributed by atoms with Gasteiger partial charge in [-0.05, 0) is 42.0 Å². The van der Waals surface area contributed by atoms with Crippen LogP contribution in [0.3, 0.4) is 0 Å². The van der Waals surface area contributed by atoms with E-state index in [1.54, 1.807) is 12.1 Å². The molecule has 0 amide bonds. The number of pyridine rings is 1. The minimum Gasteiger partial charge on any atom is -0.470 e. The fourth-order valence-corrected chi connectivity index (χ4v) is 5.60. The molecule has 1 aliphatic heterocycles. The highest BCUT2D eigenvalue weighted by molar-refractivity contribution is 5.87. The van der Waals surface area contributed by atoms with Gasteiger partial charge in [0.2, 0.25) is 5.88 Å². The van der Waals surface area contributed by atoms with Crippen LogP contribution < -0.4 is 4.74 Å². The minimum absolute atomic E-state index is 0.0533. The van der Waals surface area contributed by atoms with E-state index in [9.17, 15) is 19.6 Å². The van der Waals surface area contributed by atoms with E-state index in [2.05, 4.69) is 16.4 Å². The highest BCUT2D eigenvalue weighted by Gasteiger charge is 2.48. The lowest BCUT2D eigenvalue weighted by Gasteiger charge is -2.40. The minimum atomic E-state index is -1.24. The molecule has 0 saturated carbocycles. The van der Waals surface area contributed by atoms with Gasteiger partial charge in [-0.25, -0.2) is 9.67 Å². The Morgan fingerprint density at radius 1 is 0.939 bits per heavy atom. The highest BCUT2D eigenvalue weighted by atomic mass is 16.6. The van der Waals surface area contributed by atoms with Gasteiger partial charge in [-0.1, -0.05) is 41.6 Å². The van der Waals surface area contributed by atoms with Crippen molar-refractivity contribution in [2.45, 2.75) is 58.8 Å². The van der Waals surface area contributed by atoms with E-state index in [-0.39, 0.29) is 24.7 Å². The smallest absolute Gasteiger partial charge is 0.303 e. The number of aryl methyl sites for hydroxylation is 1. The number of hydrogen-bond donors (Lipinski definition) is 0. The van der Waals surface area contributed by atoms with Crippen LogP contribution in [0, 0.1) is 18.3 Å². The van der Waals surface area contributed by atoms with Crippen LogP contribution in [-0.2, 0) is 39.9 Å². The van der Waals surface area contributed by atoms with Crippen molar-refractivity contribution < 1.29 is 42.5 Å². The van der Waals surface area contributed by atoms with Crippen molar-refractivity contribution >= 4 is 28.7 Å². The molecule has 0 radical (unpaired) electrons. The average molecular weight is 666 g/mol. The molecule has 5 aromatic rings. The monoisotopic (exact) mass is 665 g/mol. The van der Waals surface area contributed by atoms with Gasteiger partial charge in [0.15, 0.2) is 24.5 Å². The number of furan rings is 1. The lowest BCUT2D eigenvalue weighted by atomic mass is 10.0. The third kappa shape index (κ3) is 7.26. The number of ether oxygens (including phenoxy) is 5. The first-order chi connectivity index (χ1) is 23.6. The van der Waals surface area contributed by atoms with Crippen LogP contribution >= 0.6 is 0 Å². The lowest BCUT2D eigenvalue weighted by Crippen LogP contribution is -2.55. The largest absolute Gasteiger partial charge is 0.470 e. The van der Waals surface area contributed by atoms with E-state index in [0.29, 0.717) is 28.5 Å². The molecule has 49 heavy (non-hydrogen) atoms. The van der Waals surface area contributed by atoms with Crippen LogP contribution in [0.25, 0.3) is 33.4 Å². The number of nitriles is 1. The van der Waals surface area contributed by atoms with Gasteiger partial charge in [-0.3, -0.25) is 14.4 Å². The number of esters is 3. The Morgan fingerprint density at radius 3 is 2.37 bits per heavy atom. The maximum atomic E-state index is 12.1. The van der Waals surface area contributed by atoms with Gasteiger partial charge in [0, 0.05) is 31.9 Å². The second kappa shape index (κ2) is 14.0. The SMILES string of the molecule is CC(=O)O[C@@H]1[C@@H](OC(C)=O)[C@H](OC(C)=O)CO[C@H]1n1cc(COc2nc(-c3ccc4ccccc4c3)cc(-c3ccc(C)o3)c2C#N)nn1. The molecule has 1 fully saturated rings. The quantitative estimate of drug-likeness (QED) is 0.154. The van der Waals surface area contributed by atoms with E-state index < -0.39 is 42.4 Å². The number of carbonyl (C=O) groups excluding carboxylic acids is 3. The zero-order chi connectivity index (χ0) is 34.7. The molecule has 0 N–H and O–H groups in total. The van der Waals surface area contributed by atoms with Crippen LogP contribution in [-0.4, -0.2) is 62.8 Å². The molecule has 14 heteroatoms. The van der Waals surface area contributed by atoms with Crippen molar-refractivity contribution in [1.29, 1.82) is 5.26 Å². The van der Waals surface area contributed by atoms with Crippen molar-refractivity contribution in [3.8, 4) is 34.5 Å². The summed E-state index contributed by atoms with van der Waals surface area (Å²) in [5.74, 6) is -0.789. The van der Waals surface area contributed by atoms with Crippen LogP contribution in [0.15, 0.2) is 71.3 Å². The maximum absolute atomic E-state index is 12.1. The first-order valence-corrected chi connectivity index (χ1v) is 15.3. The van der Waals surface area contributed by atoms with Crippen molar-refractivity contribution in [3.63, 3.8) is 0 Å². The predicted octanol–water partition coefficient (Wildman–Crippen LogP) is 4.84. The summed E-state index contributed by atoms with van der Waals surface area (Å²) in [6, 6.07) is 21.5. The number of benzene rings is 2. The Balaban J connectivity index is 1.31. The molecule has 1 aliphatic rings. The topological polar surface area (TPSA) is 178 Å². The zero-order valence-electron chi connectivity index (χ0n) is 27.0. The Kier molecular flexibility index (Phi) is 9.36. The van der Waals surface area contributed by atoms with Gasteiger partial charge < -0.3 is 28.1 Å². The van der Waals surface area contributed by atoms with E-state index in [1.807, 2.05) is 55.5 Å². The third-order valence-electron chi connectivity index (χ3n) is 7.65. The van der Waals surface area contributed by atoms with Crippen LogP contribution in [0.4, 0.5) is 0 Å². The molecular formula is C35H31N5O9. The predicted molar refractivity (Wildman–Crippen MR) is 170 cm³/mol. The summed E-state index contributed by atoms with van der Waals surface area (Å²) in [5.41, 5.74) is 2.35. The summed E-state index contributed by atoms with van der Waals surface area (Å²) < 4.78 is 35.4. The summed E-state index contributed by atoms with van der Waals surface area (Å²) in [4.78, 5) is 40.5. The molecule has 0 unspecified atom stereocenters. The van der Waals surface area contributed by atoms with Crippen LogP contribution in [0.2, 0.25) is 0 Å². The second-order valence-corrected chi connectivity index (χ2v) is 11.3. The Hall–Kier alpha value is -6.07. The molecule has 1 saturated heterocycles. The van der Waals surface area contributed by atoms with Gasteiger partial charge in [0.25, 0.3) is 0 Å². The number of nitrogens with zero attached hydrogens (tertiary/aromatic N) is 5. The van der Waals surface area contributed by atoms with Gasteiger partial charge in [-0.2, -0.15) is 5.26 Å². The van der Waals surface area contributed by atoms with E-state index >= 15 is 0 Å². The first-order valence-electron chi connectivity index (χ1n) is 15.3. The van der Waals surface area contributed by atoms with Gasteiger partial charge >= 0.3 is 17.9 Å². The number of hydrogen-bond acceptors (Lipinski definition) is 13. The van der Waals surface area contributed by atoms with E-state index in [0.717, 1.165) is 16.3 Å². The second-order valence-electron chi connectivity index (χ2n) is 11.3. The molecule has 6 rings (SSSR count). The van der Waals surface area contributed by atoms with Gasteiger partial charge in [-0.15, -0.1) is 5.10 Å². The molecule has 4 heterocycles. The first kappa shape index (κ1) is 32.9. The zero-order valence-corrected chi connectivity index (χ0v) is 27.0. The van der Waals surface area contributed by atoms with Crippen molar-refractivity contribution in [1.82, 2.24) is 20.0 Å². The van der Waals surface area contributed by atoms with Crippen molar-refractivity contribution in [3.05, 3.63) is 83.9 Å². The number of rotatable bonds is 9. The van der Waals surface area contributed by atoms with E-state index in [4.69, 9.17) is 33.1 Å². The third-order valence-corrected chi connectivity index (χ3v) is 7.65. The number of aromatic nitrogens is 4. The van der Waals surface area contributed by atoms with Crippen LogP contribution in [0.1, 0.15) is 44.0 Å². The van der Waals surface area contributed by atoms with Crippen molar-refractivity contribution in [2.24, 2.45) is 0 Å². The maximum Gasteiger partial charge on any atom is 0.303 e. The Morgan fingerprint density at radius 2 is 1.67 bits per heavy atom. The summed E-state index contributed by atoms with van der Waals surface area (Å²) in [5, 5.41) is 20.6. The van der Waals surface area contributed by atoms with E-state index in [1.165, 1.54) is 31.6 Å². The molecule has 0 bridgehead atoms. The standard InChI is InChI=1S/C35H31N5O9/c1-19-9-12-30(46-19)27-14-29(25-11-10-23-7-5-6-8-24(23)13-25)37-34(28(27)15-36)44-17-26-16-40(39-38-26)35-33(49-22(4)43)32(48-21(3)42)31(18-45-35)47-20(2)41/h5-14,16,31-33,35H,17-18H2,1-4H3/t31-,32+,33-,35-/m1/s1. The molecule has 0 spiro atoms. The highest BCUT2D eigenvalue weighted by Crippen LogP contribution is 2.36. The Labute approximate surface area is 280 Å². The van der Waals surface area contributed by atoms with Crippen LogP contribution in [0.5, 0.6) is 5.88 Å². The summed E-state index contributed by atoms with van der Waals surface area (Å²) in [7, 11) is 0. The normalized spacial score (nSPS) is 18.8. The molecule has 4 atom stereocenters. The van der Waals surface area contributed by atoms with Crippen molar-refractivity contribution in [2.75, 3.05) is 6.61 Å². The number of carbonyl (C=O) groups is 3. The molecular weight excluding hydrogens is 634 g/mol. The molecule has 250 valence electrons. The summed E-state index contributed by atoms with van der Waals surface area (Å²) >= 11 is 0. The molecule has 2 aromatic carbocycles. The molecule has 14 nitrogen and oxygen atoms in total. The molecule has 0 aliphatic carbocycles. The Bertz CT molecular complexity index is 2080. The summed E-state index contributed by atoms with van der Waals surface area (Å²) in [6.45, 7) is 5.04. The molecule has 3 aromatic heterocycles.